The number of methoxy groups -OCH3 is 1. The van der Waals surface area contributed by atoms with Crippen molar-refractivity contribution in [1.82, 2.24) is 10.3 Å². The van der Waals surface area contributed by atoms with Crippen molar-refractivity contribution in [3.63, 3.8) is 0 Å². The number of benzene rings is 3. The number of fused-ring (bicyclic) bond motifs is 1. The lowest BCUT2D eigenvalue weighted by molar-refractivity contribution is 0.0952. The van der Waals surface area contributed by atoms with E-state index in [1.165, 1.54) is 0 Å². The second-order valence-electron chi connectivity index (χ2n) is 7.38. The van der Waals surface area contributed by atoms with Crippen LogP contribution in [0, 0.1) is 0 Å². The predicted molar refractivity (Wildman–Crippen MR) is 128 cm³/mol. The molecule has 0 spiro atoms. The molecule has 4 rings (SSSR count). The van der Waals surface area contributed by atoms with E-state index >= 15 is 0 Å². The molecule has 1 heterocycles. The Kier molecular flexibility index (Phi) is 6.66. The van der Waals surface area contributed by atoms with E-state index in [0.717, 1.165) is 22.0 Å². The first-order chi connectivity index (χ1) is 15.6. The topological polar surface area (TPSA) is 63.3 Å². The maximum Gasteiger partial charge on any atom is 0.252 e. The maximum absolute atomic E-state index is 12.8. The van der Waals surface area contributed by atoms with Crippen LogP contribution in [-0.2, 0) is 0 Å². The average Bonchev–Trinajstić information content (AvgIpc) is 3.24. The van der Waals surface area contributed by atoms with Crippen molar-refractivity contribution in [1.29, 1.82) is 0 Å². The number of aromatic amines is 1. The van der Waals surface area contributed by atoms with Crippen molar-refractivity contribution >= 4 is 28.4 Å². The number of hydrogen-bond donors (Lipinski definition) is 2. The molecule has 5 nitrogen and oxygen atoms in total. The average molecular weight is 449 g/mol. The summed E-state index contributed by atoms with van der Waals surface area (Å²) < 4.78 is 11.2. The van der Waals surface area contributed by atoms with Crippen LogP contribution in [0.5, 0.6) is 11.5 Å². The summed E-state index contributed by atoms with van der Waals surface area (Å²) in [7, 11) is 1.63. The van der Waals surface area contributed by atoms with Crippen molar-refractivity contribution in [3.05, 3.63) is 94.6 Å². The molecule has 0 aliphatic heterocycles. The number of rotatable bonds is 8. The van der Waals surface area contributed by atoms with Crippen molar-refractivity contribution < 1.29 is 14.3 Å². The molecule has 0 saturated carbocycles. The number of ether oxygens (including phenoxy) is 2. The first-order valence-electron chi connectivity index (χ1n) is 10.5. The number of para-hydroxylation sites is 1. The third-order valence-corrected chi connectivity index (χ3v) is 5.80. The normalized spacial score (nSPS) is 11.8. The Morgan fingerprint density at radius 1 is 1.06 bits per heavy atom. The Bertz CT molecular complexity index is 1230. The molecule has 1 atom stereocenters. The highest BCUT2D eigenvalue weighted by Crippen LogP contribution is 2.36. The van der Waals surface area contributed by atoms with Crippen LogP contribution in [0.15, 0.2) is 72.9 Å². The number of carbonyl (C=O) groups excluding carboxylic acids is 1. The second-order valence-corrected chi connectivity index (χ2v) is 7.78. The third-order valence-electron chi connectivity index (χ3n) is 5.47. The number of H-pyrrole nitrogens is 1. The number of carbonyl (C=O) groups is 1. The third kappa shape index (κ3) is 4.43. The highest BCUT2D eigenvalue weighted by Gasteiger charge is 2.21. The molecule has 0 saturated heterocycles. The SMILES string of the molecule is CCOc1ccc(C(CNC(=O)c2ccccc2Cl)c2c[nH]c3ccccc23)cc1OC. The zero-order valence-corrected chi connectivity index (χ0v) is 18.8. The smallest absolute Gasteiger partial charge is 0.252 e. The van der Waals surface area contributed by atoms with E-state index in [1.807, 2.05) is 49.5 Å². The molecule has 0 bridgehead atoms. The predicted octanol–water partition coefficient (Wildman–Crippen LogP) is 5.79. The lowest BCUT2D eigenvalue weighted by Gasteiger charge is -2.20. The van der Waals surface area contributed by atoms with E-state index in [9.17, 15) is 4.79 Å². The van der Waals surface area contributed by atoms with Crippen molar-refractivity contribution in [2.24, 2.45) is 0 Å². The molecule has 32 heavy (non-hydrogen) atoms. The second kappa shape index (κ2) is 9.79. The van der Waals surface area contributed by atoms with Gasteiger partial charge in [0.25, 0.3) is 5.91 Å². The Balaban J connectivity index is 1.71. The van der Waals surface area contributed by atoms with Gasteiger partial charge in [0, 0.05) is 29.6 Å². The number of nitrogens with one attached hydrogen (secondary N) is 2. The van der Waals surface area contributed by atoms with Gasteiger partial charge in [0.1, 0.15) is 0 Å². The largest absolute Gasteiger partial charge is 0.493 e. The minimum atomic E-state index is -0.210. The molecule has 164 valence electrons. The van der Waals surface area contributed by atoms with Gasteiger partial charge in [-0.15, -0.1) is 0 Å². The summed E-state index contributed by atoms with van der Waals surface area (Å²) in [6.45, 7) is 2.88. The molecule has 4 aromatic rings. The summed E-state index contributed by atoms with van der Waals surface area (Å²) in [5, 5.41) is 4.60. The number of hydrogen-bond acceptors (Lipinski definition) is 3. The summed E-state index contributed by atoms with van der Waals surface area (Å²) >= 11 is 6.22. The van der Waals surface area contributed by atoms with E-state index in [0.29, 0.717) is 35.2 Å². The Hall–Kier alpha value is -3.44. The van der Waals surface area contributed by atoms with Gasteiger partial charge < -0.3 is 19.8 Å². The Morgan fingerprint density at radius 2 is 1.84 bits per heavy atom. The molecule has 0 aliphatic rings. The molecule has 0 fully saturated rings. The lowest BCUT2D eigenvalue weighted by Crippen LogP contribution is -2.29. The summed E-state index contributed by atoms with van der Waals surface area (Å²) in [6.07, 6.45) is 2.00. The lowest BCUT2D eigenvalue weighted by atomic mass is 9.90. The van der Waals surface area contributed by atoms with Crippen LogP contribution in [0.3, 0.4) is 0 Å². The fraction of sp³-hybridized carbons (Fsp3) is 0.192. The standard InChI is InChI=1S/C26H25ClN2O3/c1-3-32-24-13-12-17(14-25(24)31-2)20(21-16-28-23-11-7-5-8-18(21)23)15-29-26(30)19-9-4-6-10-22(19)27/h4-14,16,20,28H,3,15H2,1-2H3,(H,29,30). The van der Waals surface area contributed by atoms with E-state index < -0.39 is 0 Å². The van der Waals surface area contributed by atoms with Gasteiger partial charge in [0.15, 0.2) is 11.5 Å². The van der Waals surface area contributed by atoms with Gasteiger partial charge in [-0.1, -0.05) is 48.0 Å². The fourth-order valence-electron chi connectivity index (χ4n) is 3.90. The van der Waals surface area contributed by atoms with Crippen LogP contribution in [0.2, 0.25) is 5.02 Å². The molecule has 6 heteroatoms. The molecular weight excluding hydrogens is 424 g/mol. The molecule has 1 amide bonds. The summed E-state index contributed by atoms with van der Waals surface area (Å²) in [5.74, 6) is 1.03. The fourth-order valence-corrected chi connectivity index (χ4v) is 4.12. The zero-order chi connectivity index (χ0) is 22.5. The Labute approximate surface area is 192 Å². The monoisotopic (exact) mass is 448 g/mol. The van der Waals surface area contributed by atoms with Gasteiger partial charge in [-0.3, -0.25) is 4.79 Å². The molecule has 2 N–H and O–H groups in total. The summed E-state index contributed by atoms with van der Waals surface area (Å²) in [6, 6.07) is 21.1. The first kappa shape index (κ1) is 21.8. The molecule has 0 aliphatic carbocycles. The van der Waals surface area contributed by atoms with Crippen molar-refractivity contribution in [2.45, 2.75) is 12.8 Å². The highest BCUT2D eigenvalue weighted by molar-refractivity contribution is 6.33. The van der Waals surface area contributed by atoms with E-state index in [4.69, 9.17) is 21.1 Å². The van der Waals surface area contributed by atoms with Gasteiger partial charge in [-0.05, 0) is 48.4 Å². The summed E-state index contributed by atoms with van der Waals surface area (Å²) in [4.78, 5) is 16.2. The van der Waals surface area contributed by atoms with Gasteiger partial charge in [0.05, 0.1) is 24.3 Å². The van der Waals surface area contributed by atoms with Gasteiger partial charge in [-0.25, -0.2) is 0 Å². The van der Waals surface area contributed by atoms with Crippen LogP contribution >= 0.6 is 11.6 Å². The van der Waals surface area contributed by atoms with Crippen LogP contribution in [0.25, 0.3) is 10.9 Å². The van der Waals surface area contributed by atoms with Crippen LogP contribution in [0.1, 0.15) is 34.3 Å². The van der Waals surface area contributed by atoms with Gasteiger partial charge in [0.2, 0.25) is 0 Å². The van der Waals surface area contributed by atoms with Crippen LogP contribution in [0.4, 0.5) is 0 Å². The zero-order valence-electron chi connectivity index (χ0n) is 18.0. The van der Waals surface area contributed by atoms with E-state index in [1.54, 1.807) is 31.4 Å². The minimum absolute atomic E-state index is 0.109. The quantitative estimate of drug-likeness (QED) is 0.358. The van der Waals surface area contributed by atoms with Crippen LogP contribution < -0.4 is 14.8 Å². The van der Waals surface area contributed by atoms with E-state index in [2.05, 4.69) is 16.4 Å². The Morgan fingerprint density at radius 3 is 2.62 bits per heavy atom. The number of amides is 1. The number of halogens is 1. The van der Waals surface area contributed by atoms with Gasteiger partial charge in [-0.2, -0.15) is 0 Å². The van der Waals surface area contributed by atoms with E-state index in [-0.39, 0.29) is 11.8 Å². The summed E-state index contributed by atoms with van der Waals surface area (Å²) in [5.41, 5.74) is 3.60. The maximum atomic E-state index is 12.8. The highest BCUT2D eigenvalue weighted by atomic mass is 35.5. The first-order valence-corrected chi connectivity index (χ1v) is 10.9. The molecule has 1 unspecified atom stereocenters. The number of aromatic nitrogens is 1. The van der Waals surface area contributed by atoms with Crippen molar-refractivity contribution in [2.75, 3.05) is 20.3 Å². The van der Waals surface area contributed by atoms with Crippen LogP contribution in [-0.4, -0.2) is 31.2 Å². The minimum Gasteiger partial charge on any atom is -0.493 e. The molecule has 0 radical (unpaired) electrons. The molecule has 3 aromatic carbocycles. The molecular formula is C26H25ClN2O3. The molecule has 1 aromatic heterocycles. The van der Waals surface area contributed by atoms with Crippen molar-refractivity contribution in [3.8, 4) is 11.5 Å². The van der Waals surface area contributed by atoms with Gasteiger partial charge >= 0.3 is 0 Å².